The number of nitrogens with zero attached hydrogens (tertiary/aromatic N) is 3. The van der Waals surface area contributed by atoms with Gasteiger partial charge in [0.05, 0.1) is 18.3 Å². The first-order valence-electron chi connectivity index (χ1n) is 8.63. The maximum Gasteiger partial charge on any atom is 0.274 e. The van der Waals surface area contributed by atoms with Gasteiger partial charge >= 0.3 is 0 Å². The zero-order chi connectivity index (χ0) is 19.0. The Morgan fingerprint density at radius 3 is 2.52 bits per heavy atom. The molecule has 0 aliphatic heterocycles. The third-order valence-electron chi connectivity index (χ3n) is 4.62. The molecule has 2 aromatic carbocycles. The van der Waals surface area contributed by atoms with Crippen molar-refractivity contribution in [1.29, 1.82) is 0 Å². The number of hydrogen-bond donors (Lipinski definition) is 1. The van der Waals surface area contributed by atoms with Crippen molar-refractivity contribution in [2.75, 3.05) is 0 Å². The average Bonchev–Trinajstić information content (AvgIpc) is 3.12. The second-order valence-corrected chi connectivity index (χ2v) is 6.44. The minimum absolute atomic E-state index is 0.108. The number of aromatic nitrogens is 3. The Kier molecular flexibility index (Phi) is 4.33. The van der Waals surface area contributed by atoms with Gasteiger partial charge in [-0.05, 0) is 13.0 Å². The molecule has 136 valence electrons. The van der Waals surface area contributed by atoms with Gasteiger partial charge in [-0.3, -0.25) is 4.79 Å². The summed E-state index contributed by atoms with van der Waals surface area (Å²) in [6.07, 6.45) is -1.05. The van der Waals surface area contributed by atoms with E-state index in [-0.39, 0.29) is 17.7 Å². The van der Waals surface area contributed by atoms with E-state index in [0.29, 0.717) is 17.0 Å². The van der Waals surface area contributed by atoms with Crippen LogP contribution in [0.25, 0.3) is 16.9 Å². The summed E-state index contributed by atoms with van der Waals surface area (Å²) < 4.78 is 17.1. The Bertz CT molecular complexity index is 1170. The van der Waals surface area contributed by atoms with Crippen molar-refractivity contribution >= 4 is 5.65 Å². The first-order chi connectivity index (χ1) is 13.0. The van der Waals surface area contributed by atoms with E-state index in [1.165, 1.54) is 16.6 Å². The molecular formula is C21H18FN3O2. The van der Waals surface area contributed by atoms with Gasteiger partial charge in [0.25, 0.3) is 5.56 Å². The van der Waals surface area contributed by atoms with Crippen LogP contribution in [0.1, 0.15) is 17.4 Å². The fraction of sp³-hybridized carbons (Fsp3) is 0.143. The van der Waals surface area contributed by atoms with E-state index in [0.717, 1.165) is 5.56 Å². The van der Waals surface area contributed by atoms with Gasteiger partial charge in [0.1, 0.15) is 11.5 Å². The first-order valence-corrected chi connectivity index (χ1v) is 8.63. The Labute approximate surface area is 154 Å². The molecule has 1 atom stereocenters. The molecule has 0 aliphatic carbocycles. The molecule has 0 fully saturated rings. The second kappa shape index (κ2) is 6.81. The lowest BCUT2D eigenvalue weighted by Crippen LogP contribution is -2.22. The normalized spacial score (nSPS) is 12.4. The number of aliphatic hydroxyl groups excluding tert-OH is 1. The maximum atomic E-state index is 14.0. The largest absolute Gasteiger partial charge is 0.386 e. The lowest BCUT2D eigenvalue weighted by Gasteiger charge is -2.17. The van der Waals surface area contributed by atoms with Crippen LogP contribution in [-0.2, 0) is 6.54 Å². The van der Waals surface area contributed by atoms with Gasteiger partial charge in [-0.25, -0.2) is 4.39 Å². The zero-order valence-corrected chi connectivity index (χ0v) is 14.7. The van der Waals surface area contributed by atoms with Gasteiger partial charge in [0.2, 0.25) is 0 Å². The molecule has 1 N–H and O–H groups in total. The summed E-state index contributed by atoms with van der Waals surface area (Å²) in [6, 6.07) is 18.9. The van der Waals surface area contributed by atoms with E-state index in [1.54, 1.807) is 35.8 Å². The van der Waals surface area contributed by atoms with Crippen LogP contribution in [0.5, 0.6) is 0 Å². The minimum Gasteiger partial charge on any atom is -0.386 e. The summed E-state index contributed by atoms with van der Waals surface area (Å²) in [5.74, 6) is -0.460. The maximum absolute atomic E-state index is 14.0. The SMILES string of the molecule is Cc1cc(=O)n2nc(-c3ccccc3)cc2n1C[C@@H](O)c1ccccc1F. The molecule has 0 unspecified atom stereocenters. The molecule has 27 heavy (non-hydrogen) atoms. The second-order valence-electron chi connectivity index (χ2n) is 6.44. The topological polar surface area (TPSA) is 59.5 Å². The third-order valence-corrected chi connectivity index (χ3v) is 4.62. The monoisotopic (exact) mass is 363 g/mol. The molecule has 4 rings (SSSR count). The standard InChI is InChI=1S/C21H18FN3O2/c1-14-11-21(27)25-20(12-18(23-25)15-7-3-2-4-8-15)24(14)13-19(26)16-9-5-6-10-17(16)22/h2-12,19,26H,13H2,1H3/t19-/m1/s1. The van der Waals surface area contributed by atoms with E-state index >= 15 is 0 Å². The average molecular weight is 363 g/mol. The Balaban J connectivity index is 1.82. The summed E-state index contributed by atoms with van der Waals surface area (Å²) in [6.45, 7) is 1.89. The van der Waals surface area contributed by atoms with E-state index in [1.807, 2.05) is 30.3 Å². The van der Waals surface area contributed by atoms with Crippen molar-refractivity contribution in [3.8, 4) is 11.3 Å². The number of fused-ring (bicyclic) bond motifs is 1. The number of benzene rings is 2. The number of aryl methyl sites for hydroxylation is 1. The van der Waals surface area contributed by atoms with Crippen LogP contribution in [0.3, 0.4) is 0 Å². The number of rotatable bonds is 4. The summed E-state index contributed by atoms with van der Waals surface area (Å²) in [7, 11) is 0. The third kappa shape index (κ3) is 3.15. The number of halogens is 1. The first kappa shape index (κ1) is 17.2. The van der Waals surface area contributed by atoms with Crippen molar-refractivity contribution in [2.45, 2.75) is 19.6 Å². The molecule has 0 spiro atoms. The van der Waals surface area contributed by atoms with Gasteiger partial charge in [0.15, 0.2) is 0 Å². The molecule has 0 radical (unpaired) electrons. The van der Waals surface area contributed by atoms with Crippen LogP contribution in [-0.4, -0.2) is 19.3 Å². The van der Waals surface area contributed by atoms with Gasteiger partial charge in [-0.2, -0.15) is 9.61 Å². The van der Waals surface area contributed by atoms with Crippen molar-refractivity contribution < 1.29 is 9.50 Å². The number of hydrogen-bond acceptors (Lipinski definition) is 3. The molecule has 5 nitrogen and oxygen atoms in total. The molecule has 0 amide bonds. The van der Waals surface area contributed by atoms with E-state index in [2.05, 4.69) is 5.10 Å². The smallest absolute Gasteiger partial charge is 0.274 e. The Morgan fingerprint density at radius 2 is 1.78 bits per heavy atom. The highest BCUT2D eigenvalue weighted by Gasteiger charge is 2.17. The summed E-state index contributed by atoms with van der Waals surface area (Å²) in [5, 5.41) is 15.0. The molecule has 4 aromatic rings. The van der Waals surface area contributed by atoms with Crippen LogP contribution in [0.15, 0.2) is 71.5 Å². The fourth-order valence-corrected chi connectivity index (χ4v) is 3.23. The van der Waals surface area contributed by atoms with E-state index in [4.69, 9.17) is 0 Å². The van der Waals surface area contributed by atoms with Gasteiger partial charge in [0, 0.05) is 29.0 Å². The predicted molar refractivity (Wildman–Crippen MR) is 101 cm³/mol. The van der Waals surface area contributed by atoms with Gasteiger partial charge < -0.3 is 9.67 Å². The van der Waals surface area contributed by atoms with Crippen molar-refractivity contribution in [2.24, 2.45) is 0 Å². The summed E-state index contributed by atoms with van der Waals surface area (Å²) >= 11 is 0. The predicted octanol–water partition coefficient (Wildman–Crippen LogP) is 3.34. The van der Waals surface area contributed by atoms with Crippen LogP contribution < -0.4 is 5.56 Å². The van der Waals surface area contributed by atoms with Crippen LogP contribution in [0.2, 0.25) is 0 Å². The van der Waals surface area contributed by atoms with Crippen LogP contribution in [0, 0.1) is 12.7 Å². The highest BCUT2D eigenvalue weighted by Crippen LogP contribution is 2.23. The Hall–Kier alpha value is -3.25. The van der Waals surface area contributed by atoms with E-state index < -0.39 is 11.9 Å². The molecular weight excluding hydrogens is 345 g/mol. The van der Waals surface area contributed by atoms with Crippen LogP contribution in [0.4, 0.5) is 4.39 Å². The molecule has 2 aromatic heterocycles. The van der Waals surface area contributed by atoms with Crippen molar-refractivity contribution in [3.63, 3.8) is 0 Å². The fourth-order valence-electron chi connectivity index (χ4n) is 3.23. The molecule has 2 heterocycles. The molecule has 0 saturated carbocycles. The van der Waals surface area contributed by atoms with Crippen molar-refractivity contribution in [3.05, 3.63) is 94.2 Å². The molecule has 0 aliphatic rings. The van der Waals surface area contributed by atoms with Crippen LogP contribution >= 0.6 is 0 Å². The lowest BCUT2D eigenvalue weighted by molar-refractivity contribution is 0.152. The van der Waals surface area contributed by atoms with E-state index in [9.17, 15) is 14.3 Å². The zero-order valence-electron chi connectivity index (χ0n) is 14.7. The Morgan fingerprint density at radius 1 is 1.07 bits per heavy atom. The molecule has 0 bridgehead atoms. The lowest BCUT2D eigenvalue weighted by atomic mass is 10.1. The van der Waals surface area contributed by atoms with Gasteiger partial charge in [-0.1, -0.05) is 48.5 Å². The highest BCUT2D eigenvalue weighted by molar-refractivity contribution is 5.64. The number of aliphatic hydroxyl groups is 1. The summed E-state index contributed by atoms with van der Waals surface area (Å²) in [4.78, 5) is 12.4. The minimum atomic E-state index is -1.05. The quantitative estimate of drug-likeness (QED) is 0.605. The summed E-state index contributed by atoms with van der Waals surface area (Å²) in [5.41, 5.74) is 2.74. The highest BCUT2D eigenvalue weighted by atomic mass is 19.1. The van der Waals surface area contributed by atoms with Gasteiger partial charge in [-0.15, -0.1) is 0 Å². The van der Waals surface area contributed by atoms with Crippen molar-refractivity contribution in [1.82, 2.24) is 14.2 Å². The molecule has 0 saturated heterocycles. The molecule has 6 heteroatoms.